The maximum atomic E-state index is 14.5. The molecule has 5 nitrogen and oxygen atoms in total. The minimum Gasteiger partial charge on any atom is -0.488 e. The van der Waals surface area contributed by atoms with Crippen LogP contribution in [0.1, 0.15) is 17.2 Å². The molecule has 0 bridgehead atoms. The van der Waals surface area contributed by atoms with Crippen LogP contribution in [-0.4, -0.2) is 21.4 Å². The minimum absolute atomic E-state index is 0.292. The van der Waals surface area contributed by atoms with Gasteiger partial charge < -0.3 is 10.1 Å². The molecule has 0 saturated heterocycles. The third-order valence-electron chi connectivity index (χ3n) is 4.50. The number of ether oxygens (including phenoxy) is 1. The Kier molecular flexibility index (Phi) is 3.08. The molecule has 0 spiro atoms. The highest BCUT2D eigenvalue weighted by molar-refractivity contribution is 6.30. The van der Waals surface area contributed by atoms with Gasteiger partial charge in [-0.3, -0.25) is 0 Å². The van der Waals surface area contributed by atoms with Crippen LogP contribution in [0.5, 0.6) is 5.75 Å². The first kappa shape index (κ1) is 14.5. The highest BCUT2D eigenvalue weighted by atomic mass is 35.5. The van der Waals surface area contributed by atoms with E-state index in [1.807, 2.05) is 18.2 Å². The molecule has 1 N–H and O–H groups in total. The van der Waals surface area contributed by atoms with Crippen LogP contribution < -0.4 is 10.1 Å². The van der Waals surface area contributed by atoms with Crippen molar-refractivity contribution >= 4 is 23.2 Å². The number of anilines is 1. The van der Waals surface area contributed by atoms with E-state index in [0.29, 0.717) is 23.1 Å². The van der Waals surface area contributed by atoms with E-state index in [1.54, 1.807) is 22.9 Å². The fraction of sp³-hybridized carbons (Fsp3) is 0.111. The van der Waals surface area contributed by atoms with E-state index in [4.69, 9.17) is 16.3 Å². The van der Waals surface area contributed by atoms with Crippen LogP contribution in [0.25, 0.3) is 5.70 Å². The Balaban J connectivity index is 1.77. The predicted molar refractivity (Wildman–Crippen MR) is 92.1 cm³/mol. The summed E-state index contributed by atoms with van der Waals surface area (Å²) in [5, 5.41) is 8.17. The molecule has 0 amide bonds. The molecular weight excluding hydrogens is 343 g/mol. The van der Waals surface area contributed by atoms with Crippen LogP contribution in [0, 0.1) is 5.82 Å². The summed E-state index contributed by atoms with van der Waals surface area (Å²) >= 11 is 6.17. The zero-order chi connectivity index (χ0) is 17.0. The van der Waals surface area contributed by atoms with Gasteiger partial charge in [-0.1, -0.05) is 29.8 Å². The maximum absolute atomic E-state index is 14.5. The average Bonchev–Trinajstić information content (AvgIpc) is 3.08. The third kappa shape index (κ3) is 2.14. The lowest BCUT2D eigenvalue weighted by Gasteiger charge is -2.34. The Bertz CT molecular complexity index is 1030. The Morgan fingerprint density at radius 2 is 2.12 bits per heavy atom. The number of nitrogens with zero attached hydrogens (tertiary/aromatic N) is 3. The molecule has 0 fully saturated rings. The molecular formula is C18H12ClFN4O. The fourth-order valence-corrected chi connectivity index (χ4v) is 3.56. The zero-order valence-electron chi connectivity index (χ0n) is 12.9. The summed E-state index contributed by atoms with van der Waals surface area (Å²) in [5.74, 6) is 0.996. The van der Waals surface area contributed by atoms with Gasteiger partial charge in [-0.2, -0.15) is 10.1 Å². The van der Waals surface area contributed by atoms with Gasteiger partial charge in [0.1, 0.15) is 30.5 Å². The molecule has 2 aliphatic rings. The summed E-state index contributed by atoms with van der Waals surface area (Å²) in [4.78, 5) is 4.26. The van der Waals surface area contributed by atoms with Crippen LogP contribution >= 0.6 is 11.6 Å². The van der Waals surface area contributed by atoms with Crippen LogP contribution in [0.2, 0.25) is 5.02 Å². The molecule has 0 radical (unpaired) electrons. The molecule has 7 heteroatoms. The number of hydrogen-bond donors (Lipinski definition) is 1. The van der Waals surface area contributed by atoms with E-state index in [1.165, 1.54) is 12.4 Å². The molecule has 1 atom stereocenters. The van der Waals surface area contributed by atoms with E-state index >= 15 is 0 Å². The van der Waals surface area contributed by atoms with Crippen LogP contribution in [0.3, 0.4) is 0 Å². The quantitative estimate of drug-likeness (QED) is 0.720. The molecule has 3 aromatic rings. The molecule has 5 rings (SSSR count). The van der Waals surface area contributed by atoms with E-state index in [0.717, 1.165) is 22.6 Å². The summed E-state index contributed by atoms with van der Waals surface area (Å²) < 4.78 is 22.1. The normalized spacial score (nSPS) is 17.9. The lowest BCUT2D eigenvalue weighted by Crippen LogP contribution is -2.30. The van der Waals surface area contributed by atoms with Gasteiger partial charge in [-0.05, 0) is 24.3 Å². The second-order valence-corrected chi connectivity index (χ2v) is 6.34. The van der Waals surface area contributed by atoms with Crippen molar-refractivity contribution in [2.75, 3.05) is 11.9 Å². The van der Waals surface area contributed by atoms with E-state index in [9.17, 15) is 4.39 Å². The monoisotopic (exact) mass is 354 g/mol. The molecule has 2 aliphatic heterocycles. The average molecular weight is 355 g/mol. The zero-order valence-corrected chi connectivity index (χ0v) is 13.7. The number of aromatic nitrogens is 3. The smallest absolute Gasteiger partial charge is 0.226 e. The van der Waals surface area contributed by atoms with Gasteiger partial charge in [-0.15, -0.1) is 0 Å². The van der Waals surface area contributed by atoms with Gasteiger partial charge in [0.2, 0.25) is 5.95 Å². The molecule has 0 unspecified atom stereocenters. The summed E-state index contributed by atoms with van der Waals surface area (Å²) in [6.07, 6.45) is 1.45. The van der Waals surface area contributed by atoms with Crippen LogP contribution in [0.4, 0.5) is 10.3 Å². The molecule has 124 valence electrons. The molecule has 2 aromatic carbocycles. The number of benzene rings is 2. The number of nitrogens with one attached hydrogen (secondary N) is 1. The second kappa shape index (κ2) is 5.32. The molecule has 1 aromatic heterocycles. The highest BCUT2D eigenvalue weighted by Gasteiger charge is 2.36. The van der Waals surface area contributed by atoms with Crippen molar-refractivity contribution in [3.05, 3.63) is 76.3 Å². The number of fused-ring (bicyclic) bond motifs is 3. The largest absolute Gasteiger partial charge is 0.488 e. The molecule has 0 saturated carbocycles. The topological polar surface area (TPSA) is 52.0 Å². The Morgan fingerprint density at radius 3 is 3.00 bits per heavy atom. The number of halogens is 2. The van der Waals surface area contributed by atoms with Gasteiger partial charge >= 0.3 is 0 Å². The van der Waals surface area contributed by atoms with E-state index in [2.05, 4.69) is 15.4 Å². The lowest BCUT2D eigenvalue weighted by atomic mass is 9.91. The number of hydrogen-bond acceptors (Lipinski definition) is 4. The highest BCUT2D eigenvalue weighted by Crippen LogP contribution is 2.44. The van der Waals surface area contributed by atoms with E-state index < -0.39 is 6.04 Å². The standard InChI is InChI=1S/C18H12ClFN4O/c19-10-5-6-15-12(7-10)16-13(8-25-15)17(11-3-1-2-4-14(11)20)24-18(23-16)21-9-22-24/h1-7,9,17H,8H2,(H,21,22,23)/t17-/m1/s1. The summed E-state index contributed by atoms with van der Waals surface area (Å²) in [6, 6.07) is 11.7. The second-order valence-electron chi connectivity index (χ2n) is 5.91. The molecule has 3 heterocycles. The van der Waals surface area contributed by atoms with Crippen molar-refractivity contribution in [2.24, 2.45) is 0 Å². The molecule has 0 aliphatic carbocycles. The first-order valence-corrected chi connectivity index (χ1v) is 8.17. The summed E-state index contributed by atoms with van der Waals surface area (Å²) in [7, 11) is 0. The predicted octanol–water partition coefficient (Wildman–Crippen LogP) is 3.89. The van der Waals surface area contributed by atoms with Gasteiger partial charge in [0.05, 0.1) is 5.70 Å². The van der Waals surface area contributed by atoms with Crippen molar-refractivity contribution < 1.29 is 9.13 Å². The summed E-state index contributed by atoms with van der Waals surface area (Å²) in [6.45, 7) is 0.329. The van der Waals surface area contributed by atoms with Gasteiger partial charge in [0.15, 0.2) is 0 Å². The Labute approximate surface area is 147 Å². The van der Waals surface area contributed by atoms with Crippen molar-refractivity contribution in [1.29, 1.82) is 0 Å². The number of rotatable bonds is 1. The third-order valence-corrected chi connectivity index (χ3v) is 4.73. The summed E-state index contributed by atoms with van der Waals surface area (Å²) in [5.41, 5.74) is 3.09. The van der Waals surface area contributed by atoms with Crippen molar-refractivity contribution in [3.63, 3.8) is 0 Å². The van der Waals surface area contributed by atoms with Crippen LogP contribution in [-0.2, 0) is 0 Å². The first-order chi connectivity index (χ1) is 12.2. The van der Waals surface area contributed by atoms with Gasteiger partial charge in [-0.25, -0.2) is 9.07 Å². The maximum Gasteiger partial charge on any atom is 0.226 e. The Morgan fingerprint density at radius 1 is 1.24 bits per heavy atom. The Hall–Kier alpha value is -2.86. The SMILES string of the molecule is Fc1ccccc1[C@@H]1C2=C(Nc3ncnn31)c1cc(Cl)ccc1OC2. The van der Waals surface area contributed by atoms with Gasteiger partial charge in [0.25, 0.3) is 0 Å². The van der Waals surface area contributed by atoms with Gasteiger partial charge in [0, 0.05) is 21.7 Å². The van der Waals surface area contributed by atoms with Crippen molar-refractivity contribution in [3.8, 4) is 5.75 Å². The van der Waals surface area contributed by atoms with Crippen LogP contribution in [0.15, 0.2) is 54.4 Å². The molecule has 25 heavy (non-hydrogen) atoms. The minimum atomic E-state index is -0.429. The van der Waals surface area contributed by atoms with E-state index in [-0.39, 0.29) is 5.82 Å². The fourth-order valence-electron chi connectivity index (χ4n) is 3.39. The van der Waals surface area contributed by atoms with Crippen molar-refractivity contribution in [1.82, 2.24) is 14.8 Å². The first-order valence-electron chi connectivity index (χ1n) is 7.79. The van der Waals surface area contributed by atoms with Crippen molar-refractivity contribution in [2.45, 2.75) is 6.04 Å². The lowest BCUT2D eigenvalue weighted by molar-refractivity contribution is 0.326.